The van der Waals surface area contributed by atoms with Crippen molar-refractivity contribution in [2.24, 2.45) is 0 Å². The van der Waals surface area contributed by atoms with E-state index >= 15 is 0 Å². The monoisotopic (exact) mass is 297 g/mol. The van der Waals surface area contributed by atoms with E-state index in [2.05, 4.69) is 0 Å². The quantitative estimate of drug-likeness (QED) is 0.878. The first-order valence-corrected chi connectivity index (χ1v) is 7.36. The molecule has 0 spiro atoms. The van der Waals surface area contributed by atoms with Gasteiger partial charge in [0.2, 0.25) is 0 Å². The number of halogens is 2. The van der Waals surface area contributed by atoms with Gasteiger partial charge < -0.3 is 5.73 Å². The highest BCUT2D eigenvalue weighted by Gasteiger charge is 2.12. The van der Waals surface area contributed by atoms with E-state index in [4.69, 9.17) is 17.3 Å². The number of hydrogen-bond donors (Lipinski definition) is 1. The summed E-state index contributed by atoms with van der Waals surface area (Å²) in [7, 11) is -1.31. The van der Waals surface area contributed by atoms with Gasteiger partial charge in [0.15, 0.2) is 0 Å². The van der Waals surface area contributed by atoms with Gasteiger partial charge in [-0.05, 0) is 36.2 Å². The summed E-state index contributed by atoms with van der Waals surface area (Å²) >= 11 is 5.93. The molecule has 100 valence electrons. The molecule has 1 atom stereocenters. The summed E-state index contributed by atoms with van der Waals surface area (Å²) < 4.78 is 25.2. The first kappa shape index (κ1) is 14.0. The number of anilines is 1. The molecule has 0 aliphatic carbocycles. The first-order chi connectivity index (χ1) is 8.99. The lowest BCUT2D eigenvalue weighted by molar-refractivity contribution is 0.627. The van der Waals surface area contributed by atoms with E-state index in [1.807, 2.05) is 19.1 Å². The van der Waals surface area contributed by atoms with Gasteiger partial charge in [0.05, 0.1) is 27.1 Å². The molecule has 0 radical (unpaired) electrons. The molecule has 0 aromatic heterocycles. The Labute approximate surface area is 118 Å². The fourth-order valence-corrected chi connectivity index (χ4v) is 3.35. The molecule has 2 N–H and O–H groups in total. The van der Waals surface area contributed by atoms with Gasteiger partial charge in [0.25, 0.3) is 0 Å². The minimum absolute atomic E-state index is 0.215. The maximum Gasteiger partial charge on any atom is 0.124 e. The predicted molar refractivity (Wildman–Crippen MR) is 77.1 cm³/mol. The zero-order valence-electron chi connectivity index (χ0n) is 10.3. The zero-order valence-corrected chi connectivity index (χ0v) is 11.9. The largest absolute Gasteiger partial charge is 0.398 e. The highest BCUT2D eigenvalue weighted by Crippen LogP contribution is 2.25. The third-order valence-electron chi connectivity index (χ3n) is 2.83. The van der Waals surface area contributed by atoms with Crippen LogP contribution in [0, 0.1) is 12.7 Å². The van der Waals surface area contributed by atoms with Crippen molar-refractivity contribution in [3.8, 4) is 0 Å². The van der Waals surface area contributed by atoms with Crippen LogP contribution in [0.2, 0.25) is 5.02 Å². The van der Waals surface area contributed by atoms with E-state index in [9.17, 15) is 8.60 Å². The molecule has 0 heterocycles. The van der Waals surface area contributed by atoms with Gasteiger partial charge in [-0.1, -0.05) is 29.8 Å². The van der Waals surface area contributed by atoms with Crippen LogP contribution in [0.3, 0.4) is 0 Å². The first-order valence-electron chi connectivity index (χ1n) is 5.66. The molecule has 0 bridgehead atoms. The van der Waals surface area contributed by atoms with Crippen molar-refractivity contribution in [2.45, 2.75) is 17.6 Å². The molecule has 5 heteroatoms. The molecular weight excluding hydrogens is 285 g/mol. The minimum atomic E-state index is -1.31. The molecule has 0 aliphatic rings. The van der Waals surface area contributed by atoms with Crippen molar-refractivity contribution in [1.82, 2.24) is 0 Å². The lowest BCUT2D eigenvalue weighted by Gasteiger charge is -2.09. The summed E-state index contributed by atoms with van der Waals surface area (Å²) in [5, 5.41) is 0.277. The maximum atomic E-state index is 12.9. The van der Waals surface area contributed by atoms with E-state index in [0.29, 0.717) is 16.1 Å². The van der Waals surface area contributed by atoms with Gasteiger partial charge in [-0.15, -0.1) is 0 Å². The van der Waals surface area contributed by atoms with E-state index in [-0.39, 0.29) is 10.8 Å². The van der Waals surface area contributed by atoms with Crippen LogP contribution in [-0.4, -0.2) is 4.21 Å². The summed E-state index contributed by atoms with van der Waals surface area (Å²) in [5.41, 5.74) is 7.97. The Balaban J connectivity index is 2.28. The molecule has 0 aliphatic heterocycles. The van der Waals surface area contributed by atoms with Crippen molar-refractivity contribution in [1.29, 1.82) is 0 Å². The molecule has 1 unspecified atom stereocenters. The molecule has 0 saturated heterocycles. The molecule has 0 fully saturated rings. The second-order valence-corrected chi connectivity index (χ2v) is 6.04. The standard InChI is InChI=1S/C14H13ClFNOS/c1-9-3-2-4-13(14(9)17)19(18)8-10-5-6-11(16)7-12(10)15/h2-7H,8,17H2,1H3. The van der Waals surface area contributed by atoms with Gasteiger partial charge >= 0.3 is 0 Å². The summed E-state index contributed by atoms with van der Waals surface area (Å²) in [6, 6.07) is 9.47. The normalized spacial score (nSPS) is 12.4. The van der Waals surface area contributed by atoms with Crippen LogP contribution in [0.4, 0.5) is 10.1 Å². The van der Waals surface area contributed by atoms with Gasteiger partial charge in [-0.25, -0.2) is 4.39 Å². The van der Waals surface area contributed by atoms with Crippen LogP contribution >= 0.6 is 11.6 Å². The van der Waals surface area contributed by atoms with Crippen LogP contribution < -0.4 is 5.73 Å². The van der Waals surface area contributed by atoms with Crippen molar-refractivity contribution in [2.75, 3.05) is 5.73 Å². The van der Waals surface area contributed by atoms with Gasteiger partial charge in [0, 0.05) is 5.02 Å². The van der Waals surface area contributed by atoms with Crippen molar-refractivity contribution >= 4 is 28.1 Å². The lowest BCUT2D eigenvalue weighted by Crippen LogP contribution is -2.03. The third-order valence-corrected chi connectivity index (χ3v) is 4.60. The Morgan fingerprint density at radius 1 is 1.32 bits per heavy atom. The van der Waals surface area contributed by atoms with Crippen LogP contribution in [0.1, 0.15) is 11.1 Å². The summed E-state index contributed by atoms with van der Waals surface area (Å²) in [6.07, 6.45) is 0. The Morgan fingerprint density at radius 2 is 2.05 bits per heavy atom. The second kappa shape index (κ2) is 5.72. The topological polar surface area (TPSA) is 43.1 Å². The molecular formula is C14H13ClFNOS. The fraction of sp³-hybridized carbons (Fsp3) is 0.143. The number of para-hydroxylation sites is 1. The zero-order chi connectivity index (χ0) is 14.0. The van der Waals surface area contributed by atoms with Gasteiger partial charge in [0.1, 0.15) is 5.82 Å². The Kier molecular flexibility index (Phi) is 4.22. The Bertz CT molecular complexity index is 645. The number of benzene rings is 2. The lowest BCUT2D eigenvalue weighted by atomic mass is 10.2. The SMILES string of the molecule is Cc1cccc(S(=O)Cc2ccc(F)cc2Cl)c1N. The van der Waals surface area contributed by atoms with Crippen LogP contribution in [0.15, 0.2) is 41.3 Å². The van der Waals surface area contributed by atoms with Crippen LogP contribution in [0.25, 0.3) is 0 Å². The number of aryl methyl sites for hydroxylation is 1. The smallest absolute Gasteiger partial charge is 0.124 e. The fourth-order valence-electron chi connectivity index (χ4n) is 1.71. The van der Waals surface area contributed by atoms with Gasteiger partial charge in [-0.3, -0.25) is 4.21 Å². The molecule has 2 aromatic rings. The number of nitrogen functional groups attached to an aromatic ring is 1. The summed E-state index contributed by atoms with van der Waals surface area (Å²) in [4.78, 5) is 0.584. The summed E-state index contributed by atoms with van der Waals surface area (Å²) in [6.45, 7) is 1.86. The molecule has 2 nitrogen and oxygen atoms in total. The second-order valence-electron chi connectivity index (χ2n) is 4.21. The Morgan fingerprint density at radius 3 is 2.74 bits per heavy atom. The number of rotatable bonds is 3. The van der Waals surface area contributed by atoms with E-state index in [0.717, 1.165) is 5.56 Å². The van der Waals surface area contributed by atoms with Gasteiger partial charge in [-0.2, -0.15) is 0 Å². The molecule has 19 heavy (non-hydrogen) atoms. The molecule has 0 amide bonds. The van der Waals surface area contributed by atoms with E-state index in [1.54, 1.807) is 12.1 Å². The van der Waals surface area contributed by atoms with Crippen molar-refractivity contribution in [3.63, 3.8) is 0 Å². The average molecular weight is 298 g/mol. The Hall–Kier alpha value is -1.39. The maximum absolute atomic E-state index is 12.9. The minimum Gasteiger partial charge on any atom is -0.398 e. The number of hydrogen-bond acceptors (Lipinski definition) is 2. The van der Waals surface area contributed by atoms with E-state index < -0.39 is 16.6 Å². The van der Waals surface area contributed by atoms with Crippen LogP contribution in [-0.2, 0) is 16.6 Å². The third kappa shape index (κ3) is 3.14. The highest BCUT2D eigenvalue weighted by atomic mass is 35.5. The highest BCUT2D eigenvalue weighted by molar-refractivity contribution is 7.84. The van der Waals surface area contributed by atoms with Crippen molar-refractivity contribution < 1.29 is 8.60 Å². The van der Waals surface area contributed by atoms with Crippen LogP contribution in [0.5, 0.6) is 0 Å². The molecule has 2 rings (SSSR count). The van der Waals surface area contributed by atoms with E-state index in [1.165, 1.54) is 12.1 Å². The molecule has 0 saturated carbocycles. The predicted octanol–water partition coefficient (Wildman–Crippen LogP) is 3.68. The molecule has 2 aromatic carbocycles. The number of nitrogens with two attached hydrogens (primary N) is 1. The average Bonchev–Trinajstić information content (AvgIpc) is 2.36. The van der Waals surface area contributed by atoms with Crippen molar-refractivity contribution in [3.05, 3.63) is 58.4 Å². The summed E-state index contributed by atoms with van der Waals surface area (Å²) in [5.74, 6) is -0.193.